The number of benzene rings is 1. The number of carbonyl (C=O) groups excluding carboxylic acids is 1. The van der Waals surface area contributed by atoms with E-state index in [0.29, 0.717) is 30.2 Å². The third-order valence-corrected chi connectivity index (χ3v) is 9.52. The van der Waals surface area contributed by atoms with E-state index in [2.05, 4.69) is 25.5 Å². The van der Waals surface area contributed by atoms with Gasteiger partial charge in [0.25, 0.3) is 0 Å². The van der Waals surface area contributed by atoms with E-state index in [-0.39, 0.29) is 28.8 Å². The van der Waals surface area contributed by atoms with E-state index in [1.54, 1.807) is 0 Å². The maximum absolute atomic E-state index is 12.9. The van der Waals surface area contributed by atoms with Crippen LogP contribution in [0.2, 0.25) is 0 Å². The molecule has 1 aromatic rings. The average molecular weight is 445 g/mol. The molecule has 6 atom stereocenters. The smallest absolute Gasteiger partial charge is 0.480 e. The maximum atomic E-state index is 12.9. The van der Waals surface area contributed by atoms with Gasteiger partial charge in [-0.1, -0.05) is 44.2 Å². The van der Waals surface area contributed by atoms with Crippen LogP contribution in [0.25, 0.3) is 0 Å². The summed E-state index contributed by atoms with van der Waals surface area (Å²) in [7, 11) is -0.500. The minimum Gasteiger partial charge on any atom is -0.598 e. The van der Waals surface area contributed by atoms with Crippen LogP contribution in [0.5, 0.6) is 0 Å². The van der Waals surface area contributed by atoms with E-state index in [9.17, 15) is 9.35 Å². The molecule has 3 aliphatic carbocycles. The molecule has 2 bridgehead atoms. The molecule has 5 nitrogen and oxygen atoms in total. The molecule has 0 spiro atoms. The van der Waals surface area contributed by atoms with Gasteiger partial charge in [0.1, 0.15) is 4.75 Å². The fourth-order valence-electron chi connectivity index (χ4n) is 5.69. The Bertz CT molecular complexity index is 814. The first-order valence-corrected chi connectivity index (χ1v) is 12.7. The van der Waals surface area contributed by atoms with Gasteiger partial charge < -0.3 is 13.9 Å². The van der Waals surface area contributed by atoms with Crippen molar-refractivity contribution in [2.75, 3.05) is 0 Å². The Kier molecular flexibility index (Phi) is 6.15. The van der Waals surface area contributed by atoms with Crippen LogP contribution in [-0.2, 0) is 20.7 Å². The van der Waals surface area contributed by atoms with Crippen LogP contribution in [0.15, 0.2) is 30.3 Å². The van der Waals surface area contributed by atoms with Crippen LogP contribution in [0, 0.1) is 17.3 Å². The Morgan fingerprint density at radius 3 is 2.55 bits per heavy atom. The zero-order chi connectivity index (χ0) is 22.6. The topological polar surface area (TPSA) is 70.6 Å². The van der Waals surface area contributed by atoms with Crippen molar-refractivity contribution in [3.8, 4) is 0 Å². The predicted molar refractivity (Wildman–Crippen MR) is 125 cm³/mol. The van der Waals surface area contributed by atoms with Crippen molar-refractivity contribution >= 4 is 24.3 Å². The molecule has 4 fully saturated rings. The zero-order valence-corrected chi connectivity index (χ0v) is 20.5. The Labute approximate surface area is 190 Å². The maximum Gasteiger partial charge on any atom is 0.480 e. The lowest BCUT2D eigenvalue weighted by Gasteiger charge is -2.64. The largest absolute Gasteiger partial charge is 0.598 e. The lowest BCUT2D eigenvalue weighted by atomic mass is 9.43. The number of carbonyl (C=O) groups is 1. The molecule has 7 heteroatoms. The molecule has 0 aromatic heterocycles. The highest BCUT2D eigenvalue weighted by molar-refractivity contribution is 7.90. The SMILES string of the molecule is CC1(C)[C@@H]2C[C@H]3OB(C(CCC(=O)c4ccccc4)N[S@+]([O-])C(C)(C)C)O[C@@]3(C)[C@H]1C2. The van der Waals surface area contributed by atoms with Gasteiger partial charge in [0, 0.05) is 23.3 Å². The molecular formula is C24H36BNO4S. The van der Waals surface area contributed by atoms with Crippen molar-refractivity contribution < 1.29 is 18.7 Å². The number of rotatable bonds is 7. The fraction of sp³-hybridized carbons (Fsp3) is 0.708. The first-order chi connectivity index (χ1) is 14.4. The van der Waals surface area contributed by atoms with Crippen LogP contribution < -0.4 is 4.72 Å². The van der Waals surface area contributed by atoms with Crippen LogP contribution in [0.1, 0.15) is 77.6 Å². The van der Waals surface area contributed by atoms with E-state index in [1.807, 2.05) is 51.1 Å². The Hall–Kier alpha value is -0.855. The quantitative estimate of drug-likeness (QED) is 0.384. The summed E-state index contributed by atoms with van der Waals surface area (Å²) in [5, 5.41) is 0. The third-order valence-electron chi connectivity index (χ3n) is 7.89. The van der Waals surface area contributed by atoms with E-state index in [1.165, 1.54) is 6.42 Å². The Morgan fingerprint density at radius 2 is 1.94 bits per heavy atom. The fourth-order valence-corrected chi connectivity index (χ4v) is 6.55. The van der Waals surface area contributed by atoms with Crippen molar-refractivity contribution in [2.45, 2.75) is 89.6 Å². The molecule has 3 saturated carbocycles. The molecule has 0 radical (unpaired) electrons. The number of Topliss-reactive ketones (excluding diaryl/α,β-unsaturated/α-hetero) is 1. The molecule has 0 amide bonds. The summed E-state index contributed by atoms with van der Waals surface area (Å²) in [6.07, 6.45) is 3.13. The molecule has 5 rings (SSSR count). The molecule has 1 unspecified atom stereocenters. The summed E-state index contributed by atoms with van der Waals surface area (Å²) in [5.74, 6) is 0.913. The van der Waals surface area contributed by atoms with Gasteiger partial charge in [-0.2, -0.15) is 0 Å². The van der Waals surface area contributed by atoms with Gasteiger partial charge in [-0.3, -0.25) is 4.79 Å². The molecule has 1 N–H and O–H groups in total. The first-order valence-electron chi connectivity index (χ1n) is 11.5. The number of ketones is 1. The van der Waals surface area contributed by atoms with Crippen LogP contribution in [0.3, 0.4) is 0 Å². The van der Waals surface area contributed by atoms with Gasteiger partial charge in [0.15, 0.2) is 5.78 Å². The van der Waals surface area contributed by atoms with Gasteiger partial charge in [0.05, 0.1) is 17.6 Å². The second-order valence-corrected chi connectivity index (χ2v) is 13.3. The van der Waals surface area contributed by atoms with Crippen LogP contribution in [-0.4, -0.2) is 39.8 Å². The lowest BCUT2D eigenvalue weighted by Crippen LogP contribution is -2.65. The monoisotopic (exact) mass is 445 g/mol. The number of hydrogen-bond acceptors (Lipinski definition) is 5. The highest BCUT2D eigenvalue weighted by Gasteiger charge is 2.68. The summed E-state index contributed by atoms with van der Waals surface area (Å²) < 4.78 is 28.8. The molecular weight excluding hydrogens is 409 g/mol. The summed E-state index contributed by atoms with van der Waals surface area (Å²) in [5.41, 5.74) is 0.647. The van der Waals surface area contributed by atoms with Crippen molar-refractivity contribution in [3.05, 3.63) is 35.9 Å². The molecule has 4 aliphatic rings. The second-order valence-electron chi connectivity index (χ2n) is 11.3. The average Bonchev–Trinajstić information content (AvgIpc) is 3.07. The highest BCUT2D eigenvalue weighted by Crippen LogP contribution is 2.65. The van der Waals surface area contributed by atoms with E-state index in [0.717, 1.165) is 6.42 Å². The predicted octanol–water partition coefficient (Wildman–Crippen LogP) is 4.34. The van der Waals surface area contributed by atoms with Crippen molar-refractivity contribution in [3.63, 3.8) is 0 Å². The van der Waals surface area contributed by atoms with Gasteiger partial charge in [0.2, 0.25) is 0 Å². The van der Waals surface area contributed by atoms with E-state index >= 15 is 0 Å². The Balaban J connectivity index is 1.49. The summed E-state index contributed by atoms with van der Waals surface area (Å²) >= 11 is -1.28. The molecule has 1 aliphatic heterocycles. The summed E-state index contributed by atoms with van der Waals surface area (Å²) in [4.78, 5) is 12.7. The molecule has 1 aromatic carbocycles. The lowest BCUT2D eigenvalue weighted by molar-refractivity contribution is -0.199. The van der Waals surface area contributed by atoms with Gasteiger partial charge in [-0.25, -0.2) is 0 Å². The van der Waals surface area contributed by atoms with Gasteiger partial charge in [-0.05, 0) is 64.2 Å². The molecule has 170 valence electrons. The molecule has 1 saturated heterocycles. The third kappa shape index (κ3) is 4.24. The van der Waals surface area contributed by atoms with E-state index in [4.69, 9.17) is 9.31 Å². The van der Waals surface area contributed by atoms with Crippen LogP contribution >= 0.6 is 0 Å². The summed E-state index contributed by atoms with van der Waals surface area (Å²) in [6, 6.07) is 9.33. The standard InChI is InChI=1S/C24H36BNO4S/c1-22(2,3)31(28)26-21(13-12-18(27)16-10-8-7-9-11-16)25-29-20-15-17-14-19(23(17,4)5)24(20,6)30-25/h7-11,17,19-21,26H,12-15H2,1-6H3/t17-,19-,20+,21?,24-,31+/m0/s1. The van der Waals surface area contributed by atoms with Gasteiger partial charge >= 0.3 is 7.12 Å². The van der Waals surface area contributed by atoms with Crippen molar-refractivity contribution in [1.29, 1.82) is 0 Å². The minimum atomic E-state index is -1.28. The van der Waals surface area contributed by atoms with Crippen molar-refractivity contribution in [1.82, 2.24) is 4.72 Å². The van der Waals surface area contributed by atoms with E-state index < -0.39 is 23.2 Å². The highest BCUT2D eigenvalue weighted by atomic mass is 32.2. The Morgan fingerprint density at radius 1 is 1.26 bits per heavy atom. The normalized spacial score (nSPS) is 33.4. The molecule has 1 heterocycles. The molecule has 31 heavy (non-hydrogen) atoms. The van der Waals surface area contributed by atoms with Gasteiger partial charge in [-0.15, -0.1) is 4.72 Å². The van der Waals surface area contributed by atoms with Crippen LogP contribution in [0.4, 0.5) is 0 Å². The number of hydrogen-bond donors (Lipinski definition) is 1. The van der Waals surface area contributed by atoms with Crippen molar-refractivity contribution in [2.24, 2.45) is 17.3 Å². The zero-order valence-electron chi connectivity index (χ0n) is 19.6. The minimum absolute atomic E-state index is 0.0615. The summed E-state index contributed by atoms with van der Waals surface area (Å²) in [6.45, 7) is 12.7. The number of nitrogens with one attached hydrogen (secondary N) is 1. The second kappa shape index (κ2) is 8.17. The first kappa shape index (κ1) is 23.3.